The SMILES string of the molecule is C/C(=N\O)c1cc(C)c(C)o1. The van der Waals surface area contributed by atoms with E-state index in [4.69, 9.17) is 9.62 Å². The van der Waals surface area contributed by atoms with Crippen molar-refractivity contribution >= 4 is 5.71 Å². The lowest BCUT2D eigenvalue weighted by Gasteiger charge is -1.88. The minimum absolute atomic E-state index is 0.501. The van der Waals surface area contributed by atoms with Crippen LogP contribution in [0.25, 0.3) is 0 Å². The topological polar surface area (TPSA) is 45.7 Å². The smallest absolute Gasteiger partial charge is 0.151 e. The third-order valence-electron chi connectivity index (χ3n) is 1.67. The van der Waals surface area contributed by atoms with Gasteiger partial charge in [0, 0.05) is 0 Å². The summed E-state index contributed by atoms with van der Waals surface area (Å²) in [4.78, 5) is 0. The fourth-order valence-electron chi connectivity index (χ4n) is 0.801. The highest BCUT2D eigenvalue weighted by Crippen LogP contribution is 2.13. The molecule has 0 unspecified atom stereocenters. The largest absolute Gasteiger partial charge is 0.460 e. The van der Waals surface area contributed by atoms with E-state index >= 15 is 0 Å². The Morgan fingerprint density at radius 1 is 1.55 bits per heavy atom. The Hall–Kier alpha value is -1.25. The second-order valence-corrected chi connectivity index (χ2v) is 2.54. The van der Waals surface area contributed by atoms with Crippen molar-refractivity contribution in [2.24, 2.45) is 5.16 Å². The summed E-state index contributed by atoms with van der Waals surface area (Å²) in [7, 11) is 0. The van der Waals surface area contributed by atoms with Gasteiger partial charge in [-0.15, -0.1) is 0 Å². The average Bonchev–Trinajstić information content (AvgIpc) is 2.31. The highest BCUT2D eigenvalue weighted by Gasteiger charge is 2.05. The van der Waals surface area contributed by atoms with Crippen molar-refractivity contribution in [2.45, 2.75) is 20.8 Å². The Morgan fingerprint density at radius 2 is 2.18 bits per heavy atom. The number of hydrogen-bond donors (Lipinski definition) is 1. The predicted octanol–water partition coefficient (Wildman–Crippen LogP) is 2.09. The molecule has 1 heterocycles. The minimum atomic E-state index is 0.501. The molecule has 1 rings (SSSR count). The van der Waals surface area contributed by atoms with Crippen molar-refractivity contribution < 1.29 is 9.62 Å². The van der Waals surface area contributed by atoms with Gasteiger partial charge in [-0.25, -0.2) is 0 Å². The molecule has 0 bridgehead atoms. The molecule has 0 saturated heterocycles. The van der Waals surface area contributed by atoms with Crippen molar-refractivity contribution in [3.63, 3.8) is 0 Å². The maximum atomic E-state index is 8.42. The molecule has 0 radical (unpaired) electrons. The predicted molar refractivity (Wildman–Crippen MR) is 42.2 cm³/mol. The first-order valence-corrected chi connectivity index (χ1v) is 3.41. The van der Waals surface area contributed by atoms with Gasteiger partial charge in [-0.2, -0.15) is 0 Å². The first-order valence-electron chi connectivity index (χ1n) is 3.41. The van der Waals surface area contributed by atoms with Crippen LogP contribution in [0.3, 0.4) is 0 Å². The standard InChI is InChI=1S/C8H11NO2/c1-5-4-8(6(2)9-10)11-7(5)3/h4,10H,1-3H3/b9-6+. The lowest BCUT2D eigenvalue weighted by Crippen LogP contribution is -1.89. The summed E-state index contributed by atoms with van der Waals surface area (Å²) in [6.45, 7) is 5.52. The summed E-state index contributed by atoms with van der Waals surface area (Å²) in [5, 5.41) is 11.5. The van der Waals surface area contributed by atoms with Crippen molar-refractivity contribution in [3.05, 3.63) is 23.2 Å². The fraction of sp³-hybridized carbons (Fsp3) is 0.375. The third kappa shape index (κ3) is 1.42. The molecule has 0 aromatic carbocycles. The summed E-state index contributed by atoms with van der Waals surface area (Å²) in [6.07, 6.45) is 0. The highest BCUT2D eigenvalue weighted by atomic mass is 16.4. The van der Waals surface area contributed by atoms with E-state index in [-0.39, 0.29) is 0 Å². The normalized spacial score (nSPS) is 12.1. The van der Waals surface area contributed by atoms with Gasteiger partial charge in [-0.1, -0.05) is 5.16 Å². The minimum Gasteiger partial charge on any atom is -0.460 e. The summed E-state index contributed by atoms with van der Waals surface area (Å²) >= 11 is 0. The molecule has 0 fully saturated rings. The zero-order chi connectivity index (χ0) is 8.43. The van der Waals surface area contributed by atoms with Crippen LogP contribution in [0.4, 0.5) is 0 Å². The molecular weight excluding hydrogens is 142 g/mol. The number of aryl methyl sites for hydroxylation is 2. The van der Waals surface area contributed by atoms with Crippen LogP contribution in [-0.2, 0) is 0 Å². The Labute approximate surface area is 65.3 Å². The number of furan rings is 1. The first-order chi connectivity index (χ1) is 5.15. The van der Waals surface area contributed by atoms with Gasteiger partial charge >= 0.3 is 0 Å². The van der Waals surface area contributed by atoms with E-state index in [1.807, 2.05) is 19.9 Å². The molecule has 0 aliphatic heterocycles. The Morgan fingerprint density at radius 3 is 2.55 bits per heavy atom. The van der Waals surface area contributed by atoms with Crippen LogP contribution in [0, 0.1) is 13.8 Å². The van der Waals surface area contributed by atoms with Crippen LogP contribution in [0.2, 0.25) is 0 Å². The Bertz CT molecular complexity index is 267. The molecule has 11 heavy (non-hydrogen) atoms. The molecule has 0 spiro atoms. The molecule has 0 saturated carbocycles. The van der Waals surface area contributed by atoms with Crippen LogP contribution in [0.15, 0.2) is 15.6 Å². The third-order valence-corrected chi connectivity index (χ3v) is 1.67. The zero-order valence-corrected chi connectivity index (χ0v) is 6.88. The molecule has 1 N–H and O–H groups in total. The van der Waals surface area contributed by atoms with Gasteiger partial charge in [-0.05, 0) is 32.4 Å². The number of hydrogen-bond acceptors (Lipinski definition) is 3. The molecule has 3 heteroatoms. The first kappa shape index (κ1) is 7.85. The summed E-state index contributed by atoms with van der Waals surface area (Å²) in [6, 6.07) is 1.85. The van der Waals surface area contributed by atoms with E-state index in [1.165, 1.54) is 0 Å². The Balaban J connectivity index is 3.07. The van der Waals surface area contributed by atoms with Gasteiger partial charge < -0.3 is 9.62 Å². The van der Waals surface area contributed by atoms with Crippen LogP contribution in [0.5, 0.6) is 0 Å². The molecule has 0 aliphatic rings. The number of oxime groups is 1. The molecule has 0 amide bonds. The Kier molecular flexibility index (Phi) is 1.98. The summed E-state index contributed by atoms with van der Waals surface area (Å²) in [5.74, 6) is 1.49. The molecule has 60 valence electrons. The summed E-state index contributed by atoms with van der Waals surface area (Å²) < 4.78 is 5.28. The van der Waals surface area contributed by atoms with Gasteiger partial charge in [0.25, 0.3) is 0 Å². The van der Waals surface area contributed by atoms with Gasteiger partial charge in [0.05, 0.1) is 0 Å². The number of rotatable bonds is 1. The van der Waals surface area contributed by atoms with Crippen molar-refractivity contribution in [1.29, 1.82) is 0 Å². The maximum absolute atomic E-state index is 8.42. The molecule has 1 aromatic rings. The van der Waals surface area contributed by atoms with Crippen LogP contribution >= 0.6 is 0 Å². The molecule has 3 nitrogen and oxygen atoms in total. The highest BCUT2D eigenvalue weighted by molar-refractivity contribution is 5.95. The lowest BCUT2D eigenvalue weighted by molar-refractivity contribution is 0.317. The maximum Gasteiger partial charge on any atom is 0.151 e. The molecular formula is C8H11NO2. The van der Waals surface area contributed by atoms with Gasteiger partial charge in [0.2, 0.25) is 0 Å². The van der Waals surface area contributed by atoms with Crippen LogP contribution in [0.1, 0.15) is 24.0 Å². The van der Waals surface area contributed by atoms with Crippen LogP contribution < -0.4 is 0 Å². The van der Waals surface area contributed by atoms with Crippen molar-refractivity contribution in [3.8, 4) is 0 Å². The van der Waals surface area contributed by atoms with E-state index in [1.54, 1.807) is 6.92 Å². The molecule has 0 atom stereocenters. The van der Waals surface area contributed by atoms with E-state index in [0.717, 1.165) is 11.3 Å². The van der Waals surface area contributed by atoms with Gasteiger partial charge in [0.1, 0.15) is 11.5 Å². The molecule has 1 aromatic heterocycles. The van der Waals surface area contributed by atoms with Gasteiger partial charge in [-0.3, -0.25) is 0 Å². The number of nitrogens with zero attached hydrogens (tertiary/aromatic N) is 1. The summed E-state index contributed by atoms with van der Waals surface area (Å²) in [5.41, 5.74) is 1.57. The second-order valence-electron chi connectivity index (χ2n) is 2.54. The second kappa shape index (κ2) is 2.78. The molecule has 0 aliphatic carbocycles. The van der Waals surface area contributed by atoms with E-state index < -0.39 is 0 Å². The average molecular weight is 153 g/mol. The fourth-order valence-corrected chi connectivity index (χ4v) is 0.801. The quantitative estimate of drug-likeness (QED) is 0.381. The lowest BCUT2D eigenvalue weighted by atomic mass is 10.2. The van der Waals surface area contributed by atoms with Crippen molar-refractivity contribution in [2.75, 3.05) is 0 Å². The monoisotopic (exact) mass is 153 g/mol. The zero-order valence-electron chi connectivity index (χ0n) is 6.88. The van der Waals surface area contributed by atoms with E-state index in [0.29, 0.717) is 11.5 Å². The van der Waals surface area contributed by atoms with Gasteiger partial charge in [0.15, 0.2) is 5.76 Å². The van der Waals surface area contributed by atoms with Crippen LogP contribution in [-0.4, -0.2) is 10.9 Å². The van der Waals surface area contributed by atoms with Crippen molar-refractivity contribution in [1.82, 2.24) is 0 Å². The van der Waals surface area contributed by atoms with E-state index in [9.17, 15) is 0 Å². The van der Waals surface area contributed by atoms with E-state index in [2.05, 4.69) is 5.16 Å².